The highest BCUT2D eigenvalue weighted by molar-refractivity contribution is 5.88. The molecule has 5 nitrogen and oxygen atoms in total. The molecule has 0 fully saturated rings. The molecule has 2 aromatic rings. The number of carbonyl (C=O) groups is 1. The molecule has 1 aliphatic heterocycles. The summed E-state index contributed by atoms with van der Waals surface area (Å²) < 4.78 is 10.5. The SMILES string of the molecule is O=C(/C=C/c1ccccc1)O/N=C\c1ccc2c(c1)OCO2. The second-order valence-corrected chi connectivity index (χ2v) is 4.50. The molecule has 1 aliphatic rings. The summed E-state index contributed by atoms with van der Waals surface area (Å²) in [5, 5.41) is 3.66. The maximum Gasteiger partial charge on any atom is 0.358 e. The zero-order chi connectivity index (χ0) is 15.2. The quantitative estimate of drug-likeness (QED) is 0.376. The first-order chi connectivity index (χ1) is 10.8. The fourth-order valence-electron chi connectivity index (χ4n) is 1.89. The molecule has 0 aromatic heterocycles. The summed E-state index contributed by atoms with van der Waals surface area (Å²) in [7, 11) is 0. The first-order valence-corrected chi connectivity index (χ1v) is 6.68. The van der Waals surface area contributed by atoms with Crippen molar-refractivity contribution in [2.24, 2.45) is 5.16 Å². The van der Waals surface area contributed by atoms with Gasteiger partial charge in [0.25, 0.3) is 0 Å². The molecule has 3 rings (SSSR count). The van der Waals surface area contributed by atoms with E-state index in [2.05, 4.69) is 5.16 Å². The topological polar surface area (TPSA) is 57.1 Å². The van der Waals surface area contributed by atoms with Crippen molar-refractivity contribution < 1.29 is 19.1 Å². The Balaban J connectivity index is 1.55. The van der Waals surface area contributed by atoms with Crippen molar-refractivity contribution in [2.45, 2.75) is 0 Å². The lowest BCUT2D eigenvalue weighted by atomic mass is 10.2. The van der Waals surface area contributed by atoms with Gasteiger partial charge in [-0.1, -0.05) is 35.5 Å². The molecule has 2 aromatic carbocycles. The van der Waals surface area contributed by atoms with Crippen LogP contribution >= 0.6 is 0 Å². The van der Waals surface area contributed by atoms with Gasteiger partial charge in [-0.25, -0.2) is 4.79 Å². The van der Waals surface area contributed by atoms with Crippen molar-refractivity contribution in [3.63, 3.8) is 0 Å². The lowest BCUT2D eigenvalue weighted by Gasteiger charge is -1.97. The van der Waals surface area contributed by atoms with E-state index in [0.29, 0.717) is 11.5 Å². The summed E-state index contributed by atoms with van der Waals surface area (Å²) in [6, 6.07) is 14.8. The molecule has 0 saturated carbocycles. The third kappa shape index (κ3) is 3.52. The maximum absolute atomic E-state index is 11.5. The van der Waals surface area contributed by atoms with Crippen LogP contribution < -0.4 is 9.47 Å². The molecule has 0 N–H and O–H groups in total. The summed E-state index contributed by atoms with van der Waals surface area (Å²) in [6.45, 7) is 0.217. The fourth-order valence-corrected chi connectivity index (χ4v) is 1.89. The summed E-state index contributed by atoms with van der Waals surface area (Å²) >= 11 is 0. The lowest BCUT2D eigenvalue weighted by molar-refractivity contribution is -0.137. The lowest BCUT2D eigenvalue weighted by Crippen LogP contribution is -1.94. The van der Waals surface area contributed by atoms with Crippen LogP contribution in [-0.4, -0.2) is 19.0 Å². The molecule has 0 bridgehead atoms. The van der Waals surface area contributed by atoms with E-state index in [1.165, 1.54) is 12.3 Å². The molecule has 0 radical (unpaired) electrons. The van der Waals surface area contributed by atoms with Crippen molar-refractivity contribution in [1.29, 1.82) is 0 Å². The van der Waals surface area contributed by atoms with Crippen molar-refractivity contribution in [3.8, 4) is 11.5 Å². The highest BCUT2D eigenvalue weighted by Crippen LogP contribution is 2.31. The number of oxime groups is 1. The van der Waals surface area contributed by atoms with E-state index in [-0.39, 0.29) is 6.79 Å². The molecule has 0 spiro atoms. The molecule has 0 unspecified atom stereocenters. The normalized spacial score (nSPS) is 12.9. The Morgan fingerprint density at radius 1 is 1.05 bits per heavy atom. The first-order valence-electron chi connectivity index (χ1n) is 6.68. The molecule has 22 heavy (non-hydrogen) atoms. The summed E-state index contributed by atoms with van der Waals surface area (Å²) in [4.78, 5) is 16.3. The Labute approximate surface area is 127 Å². The van der Waals surface area contributed by atoms with Crippen LogP contribution in [0.4, 0.5) is 0 Å². The molecule has 0 saturated heterocycles. The largest absolute Gasteiger partial charge is 0.454 e. The van der Waals surface area contributed by atoms with Gasteiger partial charge in [-0.05, 0) is 29.8 Å². The van der Waals surface area contributed by atoms with Gasteiger partial charge in [-0.2, -0.15) is 0 Å². The van der Waals surface area contributed by atoms with Crippen LogP contribution in [0.5, 0.6) is 11.5 Å². The highest BCUT2D eigenvalue weighted by Gasteiger charge is 2.12. The van der Waals surface area contributed by atoms with Crippen molar-refractivity contribution in [3.05, 3.63) is 65.7 Å². The van der Waals surface area contributed by atoms with Gasteiger partial charge in [-0.15, -0.1) is 0 Å². The molecule has 0 amide bonds. The number of carbonyl (C=O) groups excluding carboxylic acids is 1. The zero-order valence-corrected chi connectivity index (χ0v) is 11.6. The molecule has 5 heteroatoms. The molecule has 1 heterocycles. The van der Waals surface area contributed by atoms with Crippen LogP contribution in [0.3, 0.4) is 0 Å². The third-order valence-corrected chi connectivity index (χ3v) is 2.95. The Morgan fingerprint density at radius 3 is 2.73 bits per heavy atom. The monoisotopic (exact) mass is 295 g/mol. The van der Waals surface area contributed by atoms with Crippen LogP contribution in [-0.2, 0) is 9.63 Å². The standard InChI is InChI=1S/C17H13NO4/c19-17(9-7-13-4-2-1-3-5-13)22-18-11-14-6-8-15-16(10-14)21-12-20-15/h1-11H,12H2/b9-7+,18-11-. The Bertz CT molecular complexity index is 723. The third-order valence-electron chi connectivity index (χ3n) is 2.95. The summed E-state index contributed by atoms with van der Waals surface area (Å²) in [5.41, 5.74) is 1.67. The first kappa shape index (κ1) is 13.9. The average Bonchev–Trinajstić information content (AvgIpc) is 3.02. The van der Waals surface area contributed by atoms with Gasteiger partial charge in [0.05, 0.1) is 6.21 Å². The van der Waals surface area contributed by atoms with Crippen LogP contribution in [0.25, 0.3) is 6.08 Å². The number of fused-ring (bicyclic) bond motifs is 1. The van der Waals surface area contributed by atoms with E-state index in [1.54, 1.807) is 24.3 Å². The van der Waals surface area contributed by atoms with Gasteiger partial charge in [0.2, 0.25) is 6.79 Å². The van der Waals surface area contributed by atoms with E-state index in [4.69, 9.17) is 14.3 Å². The van der Waals surface area contributed by atoms with Crippen LogP contribution in [0, 0.1) is 0 Å². The smallest absolute Gasteiger partial charge is 0.358 e. The highest BCUT2D eigenvalue weighted by atomic mass is 16.7. The molecule has 110 valence electrons. The molecular weight excluding hydrogens is 282 g/mol. The van der Waals surface area contributed by atoms with Gasteiger partial charge in [0, 0.05) is 11.6 Å². The summed E-state index contributed by atoms with van der Waals surface area (Å²) in [5.74, 6) is 0.806. The Morgan fingerprint density at radius 2 is 1.86 bits per heavy atom. The minimum Gasteiger partial charge on any atom is -0.454 e. The number of rotatable bonds is 4. The van der Waals surface area contributed by atoms with Gasteiger partial charge in [0.1, 0.15) is 0 Å². The minimum atomic E-state index is -0.541. The maximum atomic E-state index is 11.5. The number of nitrogens with zero attached hydrogens (tertiary/aromatic N) is 1. The van der Waals surface area contributed by atoms with Gasteiger partial charge >= 0.3 is 5.97 Å². The number of ether oxygens (including phenoxy) is 2. The second kappa shape index (κ2) is 6.58. The molecule has 0 atom stereocenters. The van der Waals surface area contributed by atoms with Crippen LogP contribution in [0.2, 0.25) is 0 Å². The van der Waals surface area contributed by atoms with E-state index in [1.807, 2.05) is 30.3 Å². The second-order valence-electron chi connectivity index (χ2n) is 4.50. The van der Waals surface area contributed by atoms with E-state index >= 15 is 0 Å². The number of hydrogen-bond donors (Lipinski definition) is 0. The number of benzene rings is 2. The van der Waals surface area contributed by atoms with E-state index in [0.717, 1.165) is 11.1 Å². The molecular formula is C17H13NO4. The van der Waals surface area contributed by atoms with E-state index < -0.39 is 5.97 Å². The van der Waals surface area contributed by atoms with Gasteiger partial charge < -0.3 is 14.3 Å². The van der Waals surface area contributed by atoms with Gasteiger partial charge in [0.15, 0.2) is 11.5 Å². The Hall–Kier alpha value is -3.08. The fraction of sp³-hybridized carbons (Fsp3) is 0.0588. The van der Waals surface area contributed by atoms with Crippen LogP contribution in [0.1, 0.15) is 11.1 Å². The predicted molar refractivity (Wildman–Crippen MR) is 81.7 cm³/mol. The van der Waals surface area contributed by atoms with E-state index in [9.17, 15) is 4.79 Å². The van der Waals surface area contributed by atoms with Crippen LogP contribution in [0.15, 0.2) is 59.8 Å². The Kier molecular flexibility index (Phi) is 4.15. The van der Waals surface area contributed by atoms with Crippen molar-refractivity contribution in [2.75, 3.05) is 6.79 Å². The number of hydrogen-bond acceptors (Lipinski definition) is 5. The zero-order valence-electron chi connectivity index (χ0n) is 11.6. The van der Waals surface area contributed by atoms with Crippen molar-refractivity contribution in [1.82, 2.24) is 0 Å². The average molecular weight is 295 g/mol. The predicted octanol–water partition coefficient (Wildman–Crippen LogP) is 3.01. The molecule has 0 aliphatic carbocycles. The minimum absolute atomic E-state index is 0.217. The van der Waals surface area contributed by atoms with Crippen molar-refractivity contribution >= 4 is 18.3 Å². The van der Waals surface area contributed by atoms with Gasteiger partial charge in [-0.3, -0.25) is 0 Å². The summed E-state index contributed by atoms with van der Waals surface area (Å²) in [6.07, 6.45) is 4.43.